The molecule has 0 aliphatic rings. The maximum Gasteiger partial charge on any atom is 0.297 e. The molecule has 2 rings (SSSR count). The molecule has 0 aliphatic carbocycles. The number of nitrogens with zero attached hydrogens (tertiary/aromatic N) is 1. The Balaban J connectivity index is 2.65. The van der Waals surface area contributed by atoms with Gasteiger partial charge >= 0.3 is 0 Å². The Morgan fingerprint density at radius 1 is 1.31 bits per heavy atom. The van der Waals surface area contributed by atoms with Crippen molar-refractivity contribution in [1.29, 1.82) is 0 Å². The lowest BCUT2D eigenvalue weighted by Gasteiger charge is -2.01. The van der Waals surface area contributed by atoms with Gasteiger partial charge in [-0.25, -0.2) is 0 Å². The van der Waals surface area contributed by atoms with E-state index in [1.54, 1.807) is 24.4 Å². The number of hydrogen-bond acceptors (Lipinski definition) is 2. The SMILES string of the molecule is O=[N+]([O-])c1c(Cl)cccc1-c1cc(Cl)c[nH]1. The molecule has 2 aromatic rings. The van der Waals surface area contributed by atoms with Gasteiger partial charge in [-0.2, -0.15) is 0 Å². The molecule has 0 radical (unpaired) electrons. The fourth-order valence-electron chi connectivity index (χ4n) is 1.44. The van der Waals surface area contributed by atoms with Crippen molar-refractivity contribution in [1.82, 2.24) is 4.98 Å². The van der Waals surface area contributed by atoms with E-state index in [1.807, 2.05) is 0 Å². The van der Waals surface area contributed by atoms with Crippen LogP contribution in [0.4, 0.5) is 5.69 Å². The summed E-state index contributed by atoms with van der Waals surface area (Å²) in [5.74, 6) is 0. The summed E-state index contributed by atoms with van der Waals surface area (Å²) in [5, 5.41) is 11.5. The van der Waals surface area contributed by atoms with Gasteiger partial charge in [-0.15, -0.1) is 0 Å². The number of H-pyrrole nitrogens is 1. The normalized spacial score (nSPS) is 10.4. The highest BCUT2D eigenvalue weighted by atomic mass is 35.5. The molecular weight excluding hydrogens is 251 g/mol. The van der Waals surface area contributed by atoms with Gasteiger partial charge in [0.15, 0.2) is 0 Å². The molecule has 0 spiro atoms. The molecule has 1 heterocycles. The van der Waals surface area contributed by atoms with Crippen molar-refractivity contribution in [2.45, 2.75) is 0 Å². The molecule has 4 nitrogen and oxygen atoms in total. The highest BCUT2D eigenvalue weighted by Crippen LogP contribution is 2.35. The Hall–Kier alpha value is -1.52. The average Bonchev–Trinajstić information content (AvgIpc) is 2.63. The second-order valence-electron chi connectivity index (χ2n) is 3.12. The van der Waals surface area contributed by atoms with Gasteiger partial charge in [0.1, 0.15) is 5.02 Å². The summed E-state index contributed by atoms with van der Waals surface area (Å²) in [6.07, 6.45) is 1.56. The van der Waals surface area contributed by atoms with Crippen LogP contribution >= 0.6 is 23.2 Å². The molecule has 0 fully saturated rings. The first-order valence-electron chi connectivity index (χ1n) is 4.37. The van der Waals surface area contributed by atoms with Gasteiger partial charge in [0.05, 0.1) is 21.2 Å². The lowest BCUT2D eigenvalue weighted by Crippen LogP contribution is -1.93. The van der Waals surface area contributed by atoms with Gasteiger partial charge in [-0.05, 0) is 18.2 Å². The Bertz CT molecular complexity index is 552. The number of para-hydroxylation sites is 1. The van der Waals surface area contributed by atoms with Crippen LogP contribution in [-0.2, 0) is 0 Å². The van der Waals surface area contributed by atoms with Crippen molar-refractivity contribution in [2.24, 2.45) is 0 Å². The molecule has 0 unspecified atom stereocenters. The molecule has 1 N–H and O–H groups in total. The molecule has 0 atom stereocenters. The number of nitro groups is 1. The zero-order valence-corrected chi connectivity index (χ0v) is 9.42. The number of halogens is 2. The first-order chi connectivity index (χ1) is 7.59. The predicted octanol–water partition coefficient (Wildman–Crippen LogP) is 3.90. The summed E-state index contributed by atoms with van der Waals surface area (Å²) in [4.78, 5) is 13.2. The summed E-state index contributed by atoms with van der Waals surface area (Å²) < 4.78 is 0. The highest BCUT2D eigenvalue weighted by Gasteiger charge is 2.20. The fourth-order valence-corrected chi connectivity index (χ4v) is 1.85. The van der Waals surface area contributed by atoms with Crippen LogP contribution in [0.25, 0.3) is 11.3 Å². The van der Waals surface area contributed by atoms with E-state index < -0.39 is 4.92 Å². The Morgan fingerprint density at radius 2 is 2.06 bits per heavy atom. The second-order valence-corrected chi connectivity index (χ2v) is 3.97. The first kappa shape index (κ1) is 11.0. The third kappa shape index (κ3) is 1.89. The van der Waals surface area contributed by atoms with Gasteiger partial charge in [0, 0.05) is 6.20 Å². The monoisotopic (exact) mass is 256 g/mol. The number of benzene rings is 1. The molecule has 0 aliphatic heterocycles. The van der Waals surface area contributed by atoms with E-state index in [9.17, 15) is 10.1 Å². The minimum Gasteiger partial charge on any atom is -0.360 e. The third-order valence-electron chi connectivity index (χ3n) is 2.11. The molecule has 16 heavy (non-hydrogen) atoms. The van der Waals surface area contributed by atoms with Crippen molar-refractivity contribution in [3.05, 3.63) is 50.6 Å². The third-order valence-corrected chi connectivity index (χ3v) is 2.63. The zero-order valence-electron chi connectivity index (χ0n) is 7.91. The van der Waals surface area contributed by atoms with Crippen LogP contribution in [0.2, 0.25) is 10.0 Å². The number of rotatable bonds is 2. The maximum absolute atomic E-state index is 10.9. The largest absolute Gasteiger partial charge is 0.360 e. The molecule has 82 valence electrons. The van der Waals surface area contributed by atoms with E-state index in [-0.39, 0.29) is 10.7 Å². The Kier molecular flexibility index (Phi) is 2.85. The van der Waals surface area contributed by atoms with E-state index in [1.165, 1.54) is 6.07 Å². The van der Waals surface area contributed by atoms with Crippen molar-refractivity contribution < 1.29 is 4.92 Å². The summed E-state index contributed by atoms with van der Waals surface area (Å²) in [6.45, 7) is 0. The topological polar surface area (TPSA) is 58.9 Å². The molecule has 1 aromatic carbocycles. The van der Waals surface area contributed by atoms with E-state index in [4.69, 9.17) is 23.2 Å². The van der Waals surface area contributed by atoms with Crippen molar-refractivity contribution in [2.75, 3.05) is 0 Å². The highest BCUT2D eigenvalue weighted by molar-refractivity contribution is 6.33. The van der Waals surface area contributed by atoms with Crippen LogP contribution in [0.3, 0.4) is 0 Å². The molecule has 0 bridgehead atoms. The summed E-state index contributed by atoms with van der Waals surface area (Å²) >= 11 is 11.5. The summed E-state index contributed by atoms with van der Waals surface area (Å²) in [5.41, 5.74) is 0.867. The van der Waals surface area contributed by atoms with Crippen LogP contribution < -0.4 is 0 Å². The molecule has 1 aromatic heterocycles. The summed E-state index contributed by atoms with van der Waals surface area (Å²) in [7, 11) is 0. The van der Waals surface area contributed by atoms with Crippen molar-refractivity contribution in [3.8, 4) is 11.3 Å². The van der Waals surface area contributed by atoms with E-state index in [2.05, 4.69) is 4.98 Å². The lowest BCUT2D eigenvalue weighted by molar-refractivity contribution is -0.384. The van der Waals surface area contributed by atoms with Crippen LogP contribution in [0.1, 0.15) is 0 Å². The second kappa shape index (κ2) is 4.15. The van der Waals surface area contributed by atoms with Crippen molar-refractivity contribution in [3.63, 3.8) is 0 Å². The molecule has 0 amide bonds. The lowest BCUT2D eigenvalue weighted by atomic mass is 10.1. The van der Waals surface area contributed by atoms with Gasteiger partial charge in [0.25, 0.3) is 5.69 Å². The number of hydrogen-bond donors (Lipinski definition) is 1. The minimum atomic E-state index is -0.508. The summed E-state index contributed by atoms with van der Waals surface area (Å²) in [6, 6.07) is 6.36. The van der Waals surface area contributed by atoms with Gasteiger partial charge in [-0.3, -0.25) is 10.1 Å². The van der Waals surface area contributed by atoms with Gasteiger partial charge in [0.2, 0.25) is 0 Å². The molecular formula is C10H6Cl2N2O2. The molecule has 6 heteroatoms. The predicted molar refractivity (Wildman–Crippen MR) is 62.9 cm³/mol. The number of nitro benzene ring substituents is 1. The van der Waals surface area contributed by atoms with E-state index in [0.717, 1.165) is 0 Å². The van der Waals surface area contributed by atoms with Gasteiger partial charge in [-0.1, -0.05) is 29.3 Å². The Morgan fingerprint density at radius 3 is 2.62 bits per heavy atom. The van der Waals surface area contributed by atoms with E-state index in [0.29, 0.717) is 16.3 Å². The number of aromatic nitrogens is 1. The van der Waals surface area contributed by atoms with Crippen LogP contribution in [0.15, 0.2) is 30.5 Å². The average molecular weight is 257 g/mol. The maximum atomic E-state index is 10.9. The fraction of sp³-hybridized carbons (Fsp3) is 0. The minimum absolute atomic E-state index is 0.105. The van der Waals surface area contributed by atoms with Crippen LogP contribution in [0.5, 0.6) is 0 Å². The molecule has 0 saturated heterocycles. The standard InChI is InChI=1S/C10H6Cl2N2O2/c11-6-4-9(13-5-6)7-2-1-3-8(12)10(7)14(15)16/h1-5,13H. The van der Waals surface area contributed by atoms with Gasteiger partial charge < -0.3 is 4.98 Å². The van der Waals surface area contributed by atoms with Crippen LogP contribution in [0, 0.1) is 10.1 Å². The van der Waals surface area contributed by atoms with Crippen LogP contribution in [-0.4, -0.2) is 9.91 Å². The number of nitrogens with one attached hydrogen (secondary N) is 1. The van der Waals surface area contributed by atoms with E-state index >= 15 is 0 Å². The molecule has 0 saturated carbocycles. The smallest absolute Gasteiger partial charge is 0.297 e. The first-order valence-corrected chi connectivity index (χ1v) is 5.12. The Labute approximate surface area is 101 Å². The number of aromatic amines is 1. The van der Waals surface area contributed by atoms with Crippen molar-refractivity contribution >= 4 is 28.9 Å². The zero-order chi connectivity index (χ0) is 11.7. The quantitative estimate of drug-likeness (QED) is 0.655.